The summed E-state index contributed by atoms with van der Waals surface area (Å²) >= 11 is 5.89. The highest BCUT2D eigenvalue weighted by atomic mass is 35.5. The van der Waals surface area contributed by atoms with Gasteiger partial charge in [0, 0.05) is 30.3 Å². The van der Waals surface area contributed by atoms with E-state index >= 15 is 0 Å². The van der Waals surface area contributed by atoms with Gasteiger partial charge in [-0.05, 0) is 49.2 Å². The third-order valence-corrected chi connectivity index (χ3v) is 4.71. The van der Waals surface area contributed by atoms with Crippen molar-refractivity contribution in [2.24, 2.45) is 5.41 Å². The zero-order valence-electron chi connectivity index (χ0n) is 13.3. The summed E-state index contributed by atoms with van der Waals surface area (Å²) in [7, 11) is 0. The topological polar surface area (TPSA) is 71.7 Å². The molecule has 0 atom stereocenters. The number of ether oxygens (including phenoxy) is 1. The summed E-state index contributed by atoms with van der Waals surface area (Å²) in [6.45, 7) is 1.89. The molecule has 6 heteroatoms. The van der Waals surface area contributed by atoms with E-state index in [1.165, 1.54) is 0 Å². The van der Waals surface area contributed by atoms with Crippen molar-refractivity contribution in [2.45, 2.75) is 19.4 Å². The van der Waals surface area contributed by atoms with Crippen molar-refractivity contribution in [3.63, 3.8) is 0 Å². The third-order valence-electron chi connectivity index (χ3n) is 4.46. The number of hydrogen-bond donors (Lipinski definition) is 2. The van der Waals surface area contributed by atoms with Crippen molar-refractivity contribution < 1.29 is 19.1 Å². The van der Waals surface area contributed by atoms with Gasteiger partial charge in [-0.3, -0.25) is 4.79 Å². The molecule has 2 N–H and O–H groups in total. The molecule has 1 fully saturated rings. The molecule has 3 rings (SSSR count). The minimum absolute atomic E-state index is 0.405. The first-order valence-corrected chi connectivity index (χ1v) is 8.33. The van der Waals surface area contributed by atoms with Crippen LogP contribution in [0, 0.1) is 5.41 Å². The van der Waals surface area contributed by atoms with Gasteiger partial charge in [-0.15, -0.1) is 0 Å². The molecule has 0 aliphatic carbocycles. The average Bonchev–Trinajstić information content (AvgIpc) is 3.05. The van der Waals surface area contributed by atoms with Crippen LogP contribution in [0.2, 0.25) is 5.02 Å². The number of carboxylic acids is 1. The fraction of sp³-hybridized carbons (Fsp3) is 0.389. The molecule has 5 nitrogen and oxygen atoms in total. The van der Waals surface area contributed by atoms with Crippen LogP contribution in [-0.2, 0) is 16.1 Å². The number of carboxylic acid groups (broad SMARTS) is 1. The molecule has 0 bridgehead atoms. The van der Waals surface area contributed by atoms with E-state index in [9.17, 15) is 9.90 Å². The maximum atomic E-state index is 11.6. The highest BCUT2D eigenvalue weighted by molar-refractivity contribution is 6.30. The lowest BCUT2D eigenvalue weighted by atomic mass is 9.80. The summed E-state index contributed by atoms with van der Waals surface area (Å²) in [6.07, 6.45) is 1.06. The van der Waals surface area contributed by atoms with Crippen molar-refractivity contribution in [2.75, 3.05) is 19.8 Å². The molecule has 1 aliphatic rings. The summed E-state index contributed by atoms with van der Waals surface area (Å²) in [5.41, 5.74) is 0.209. The Morgan fingerprint density at radius 1 is 1.17 bits per heavy atom. The first kappa shape index (κ1) is 17.0. The molecule has 0 radical (unpaired) electrons. The van der Waals surface area contributed by atoms with Gasteiger partial charge in [0.05, 0.1) is 12.0 Å². The van der Waals surface area contributed by atoms with E-state index in [0.29, 0.717) is 44.2 Å². The normalized spacial score (nSPS) is 16.9. The van der Waals surface area contributed by atoms with Gasteiger partial charge in [0.25, 0.3) is 0 Å². The van der Waals surface area contributed by atoms with E-state index in [0.717, 1.165) is 17.1 Å². The molecule has 0 spiro atoms. The fourth-order valence-electron chi connectivity index (χ4n) is 2.90. The first-order valence-electron chi connectivity index (χ1n) is 7.96. The van der Waals surface area contributed by atoms with Crippen molar-refractivity contribution in [1.82, 2.24) is 5.32 Å². The van der Waals surface area contributed by atoms with Crippen LogP contribution in [0.3, 0.4) is 0 Å². The van der Waals surface area contributed by atoms with E-state index in [1.54, 1.807) is 0 Å². The fourth-order valence-corrected chi connectivity index (χ4v) is 3.02. The Labute approximate surface area is 145 Å². The summed E-state index contributed by atoms with van der Waals surface area (Å²) in [4.78, 5) is 11.6. The third kappa shape index (κ3) is 3.80. The number of nitrogens with one attached hydrogen (secondary N) is 1. The van der Waals surface area contributed by atoms with Crippen molar-refractivity contribution in [1.29, 1.82) is 0 Å². The monoisotopic (exact) mass is 349 g/mol. The van der Waals surface area contributed by atoms with Crippen LogP contribution in [0.25, 0.3) is 11.3 Å². The van der Waals surface area contributed by atoms with E-state index < -0.39 is 11.4 Å². The molecule has 0 amide bonds. The SMILES string of the molecule is O=C(O)C1(CNCc2ccc(-c3ccc(Cl)cc3)o2)CCOCC1. The molecular formula is C18H20ClNO4. The van der Waals surface area contributed by atoms with Crippen LogP contribution in [-0.4, -0.2) is 30.8 Å². The second kappa shape index (κ2) is 7.38. The van der Waals surface area contributed by atoms with Gasteiger partial charge in [-0.25, -0.2) is 0 Å². The van der Waals surface area contributed by atoms with Crippen molar-refractivity contribution >= 4 is 17.6 Å². The number of aliphatic carboxylic acids is 1. The number of halogens is 1. The number of carbonyl (C=O) groups is 1. The van der Waals surface area contributed by atoms with Crippen LogP contribution in [0.5, 0.6) is 0 Å². The van der Waals surface area contributed by atoms with Crippen LogP contribution in [0.1, 0.15) is 18.6 Å². The summed E-state index contributed by atoms with van der Waals surface area (Å²) in [5.74, 6) is 0.773. The quantitative estimate of drug-likeness (QED) is 0.834. The maximum absolute atomic E-state index is 11.6. The Morgan fingerprint density at radius 3 is 2.54 bits per heavy atom. The predicted molar refractivity (Wildman–Crippen MR) is 91.0 cm³/mol. The molecule has 1 aromatic carbocycles. The van der Waals surface area contributed by atoms with Gasteiger partial charge in [0.1, 0.15) is 11.5 Å². The van der Waals surface area contributed by atoms with Gasteiger partial charge in [0.2, 0.25) is 0 Å². The van der Waals surface area contributed by atoms with E-state index in [2.05, 4.69) is 5.32 Å². The Hall–Kier alpha value is -1.82. The van der Waals surface area contributed by atoms with Gasteiger partial charge in [-0.2, -0.15) is 0 Å². The smallest absolute Gasteiger partial charge is 0.311 e. The first-order chi connectivity index (χ1) is 11.6. The maximum Gasteiger partial charge on any atom is 0.311 e. The lowest BCUT2D eigenvalue weighted by Crippen LogP contribution is -2.44. The second-order valence-electron chi connectivity index (χ2n) is 6.07. The van der Waals surface area contributed by atoms with Crippen molar-refractivity contribution in [3.8, 4) is 11.3 Å². The lowest BCUT2D eigenvalue weighted by molar-refractivity contribution is -0.154. The molecule has 1 aliphatic heterocycles. The summed E-state index contributed by atoms with van der Waals surface area (Å²) in [5, 5.41) is 13.4. The van der Waals surface area contributed by atoms with E-state index in [4.69, 9.17) is 20.8 Å². The largest absolute Gasteiger partial charge is 0.481 e. The Bertz CT molecular complexity index is 689. The van der Waals surface area contributed by atoms with E-state index in [-0.39, 0.29) is 0 Å². The Balaban J connectivity index is 1.59. The molecular weight excluding hydrogens is 330 g/mol. The highest BCUT2D eigenvalue weighted by Gasteiger charge is 2.39. The standard InChI is InChI=1S/C18H20ClNO4/c19-14-3-1-13(2-4-14)16-6-5-15(24-16)11-20-12-18(17(21)22)7-9-23-10-8-18/h1-6,20H,7-12H2,(H,21,22). The number of furan rings is 1. The van der Waals surface area contributed by atoms with Crippen LogP contribution in [0.15, 0.2) is 40.8 Å². The molecule has 2 heterocycles. The van der Waals surface area contributed by atoms with Gasteiger partial charge in [0.15, 0.2) is 0 Å². The van der Waals surface area contributed by atoms with Crippen LogP contribution >= 0.6 is 11.6 Å². The Morgan fingerprint density at radius 2 is 1.88 bits per heavy atom. The zero-order valence-corrected chi connectivity index (χ0v) is 14.0. The van der Waals surface area contributed by atoms with E-state index in [1.807, 2.05) is 36.4 Å². The minimum atomic E-state index is -0.764. The summed E-state index contributed by atoms with van der Waals surface area (Å²) < 4.78 is 11.1. The minimum Gasteiger partial charge on any atom is -0.481 e. The highest BCUT2D eigenvalue weighted by Crippen LogP contribution is 2.30. The van der Waals surface area contributed by atoms with Gasteiger partial charge < -0.3 is 19.6 Å². The van der Waals surface area contributed by atoms with Gasteiger partial charge in [-0.1, -0.05) is 11.6 Å². The van der Waals surface area contributed by atoms with Crippen LogP contribution < -0.4 is 5.32 Å². The molecule has 0 unspecified atom stereocenters. The zero-order chi connectivity index (χ0) is 17.0. The number of hydrogen-bond acceptors (Lipinski definition) is 4. The van der Waals surface area contributed by atoms with Crippen LogP contribution in [0.4, 0.5) is 0 Å². The summed E-state index contributed by atoms with van der Waals surface area (Å²) in [6, 6.07) is 11.2. The molecule has 1 aromatic heterocycles. The number of rotatable bonds is 6. The Kier molecular flexibility index (Phi) is 5.23. The van der Waals surface area contributed by atoms with Crippen molar-refractivity contribution in [3.05, 3.63) is 47.2 Å². The van der Waals surface area contributed by atoms with Gasteiger partial charge >= 0.3 is 5.97 Å². The molecule has 128 valence electrons. The predicted octanol–water partition coefficient (Wildman–Crippen LogP) is 3.57. The average molecular weight is 350 g/mol. The molecule has 0 saturated carbocycles. The molecule has 2 aromatic rings. The second-order valence-corrected chi connectivity index (χ2v) is 6.51. The number of benzene rings is 1. The lowest BCUT2D eigenvalue weighted by Gasteiger charge is -2.33. The molecule has 1 saturated heterocycles. The molecule has 24 heavy (non-hydrogen) atoms.